The average molecular weight is 176 g/mol. The molecular weight excluding hydrogens is 156 g/mol. The van der Waals surface area contributed by atoms with Gasteiger partial charge in [0.2, 0.25) is 0 Å². The van der Waals surface area contributed by atoms with Gasteiger partial charge in [0.25, 0.3) is 0 Å². The Balaban J connectivity index is 0.000000845. The third-order valence-corrected chi connectivity index (χ3v) is 2.80. The average Bonchev–Trinajstić information content (AvgIpc) is 2.49. The maximum absolute atomic E-state index is 2.29. The SMILES string of the molecule is C.CC(C)c1cccc2c1CCC2. The first-order valence-corrected chi connectivity index (χ1v) is 4.89. The summed E-state index contributed by atoms with van der Waals surface area (Å²) in [5.74, 6) is 0.693. The van der Waals surface area contributed by atoms with Gasteiger partial charge in [-0.2, -0.15) is 0 Å². The van der Waals surface area contributed by atoms with Gasteiger partial charge in [-0.3, -0.25) is 0 Å². The van der Waals surface area contributed by atoms with Gasteiger partial charge in [0.05, 0.1) is 0 Å². The minimum Gasteiger partial charge on any atom is -0.0776 e. The largest absolute Gasteiger partial charge is 0.0776 e. The van der Waals surface area contributed by atoms with Gasteiger partial charge in [-0.1, -0.05) is 39.5 Å². The molecule has 0 N–H and O–H groups in total. The summed E-state index contributed by atoms with van der Waals surface area (Å²) >= 11 is 0. The van der Waals surface area contributed by atoms with Crippen molar-refractivity contribution in [3.05, 3.63) is 34.9 Å². The normalized spacial score (nSPS) is 14.1. The maximum Gasteiger partial charge on any atom is -0.0216 e. The first-order valence-electron chi connectivity index (χ1n) is 4.89. The Labute approximate surface area is 82.0 Å². The first kappa shape index (κ1) is 10.3. The van der Waals surface area contributed by atoms with Gasteiger partial charge in [-0.05, 0) is 41.9 Å². The lowest BCUT2D eigenvalue weighted by atomic mass is 9.95. The molecule has 72 valence electrons. The number of hydrogen-bond donors (Lipinski definition) is 0. The van der Waals surface area contributed by atoms with Crippen LogP contribution in [-0.4, -0.2) is 0 Å². The minimum atomic E-state index is 0. The predicted octanol–water partition coefficient (Wildman–Crippen LogP) is 3.93. The van der Waals surface area contributed by atoms with Crippen molar-refractivity contribution in [3.8, 4) is 0 Å². The van der Waals surface area contributed by atoms with Crippen LogP contribution in [0.15, 0.2) is 18.2 Å². The van der Waals surface area contributed by atoms with Crippen LogP contribution in [0.4, 0.5) is 0 Å². The Morgan fingerprint density at radius 1 is 1.15 bits per heavy atom. The number of benzene rings is 1. The van der Waals surface area contributed by atoms with Crippen LogP contribution < -0.4 is 0 Å². The van der Waals surface area contributed by atoms with E-state index in [1.54, 1.807) is 16.7 Å². The maximum atomic E-state index is 2.29. The summed E-state index contributed by atoms with van der Waals surface area (Å²) in [4.78, 5) is 0. The quantitative estimate of drug-likeness (QED) is 0.608. The third kappa shape index (κ3) is 1.77. The zero-order valence-corrected chi connectivity index (χ0v) is 7.93. The van der Waals surface area contributed by atoms with Crippen LogP contribution in [0.5, 0.6) is 0 Å². The zero-order chi connectivity index (χ0) is 8.55. The highest BCUT2D eigenvalue weighted by Gasteiger charge is 2.15. The third-order valence-electron chi connectivity index (χ3n) is 2.80. The molecule has 0 heteroatoms. The molecule has 0 spiro atoms. The molecule has 0 amide bonds. The number of rotatable bonds is 1. The Bertz CT molecular complexity index is 284. The van der Waals surface area contributed by atoms with E-state index in [0.717, 1.165) is 0 Å². The smallest absolute Gasteiger partial charge is 0.0216 e. The van der Waals surface area contributed by atoms with E-state index in [1.165, 1.54) is 19.3 Å². The van der Waals surface area contributed by atoms with Crippen LogP contribution in [-0.2, 0) is 12.8 Å². The molecule has 0 saturated carbocycles. The van der Waals surface area contributed by atoms with Crippen LogP contribution in [0.25, 0.3) is 0 Å². The van der Waals surface area contributed by atoms with Crippen molar-refractivity contribution >= 4 is 0 Å². The highest BCUT2D eigenvalue weighted by atomic mass is 14.2. The summed E-state index contributed by atoms with van der Waals surface area (Å²) in [6.07, 6.45) is 3.97. The van der Waals surface area contributed by atoms with Crippen molar-refractivity contribution in [1.29, 1.82) is 0 Å². The van der Waals surface area contributed by atoms with E-state index in [4.69, 9.17) is 0 Å². The van der Waals surface area contributed by atoms with Gasteiger partial charge in [0.15, 0.2) is 0 Å². The van der Waals surface area contributed by atoms with Crippen molar-refractivity contribution in [3.63, 3.8) is 0 Å². The summed E-state index contributed by atoms with van der Waals surface area (Å²) in [6.45, 7) is 4.57. The van der Waals surface area contributed by atoms with Gasteiger partial charge in [-0.15, -0.1) is 0 Å². The van der Waals surface area contributed by atoms with Crippen molar-refractivity contribution in [2.75, 3.05) is 0 Å². The van der Waals surface area contributed by atoms with Crippen molar-refractivity contribution in [2.45, 2.75) is 46.5 Å². The van der Waals surface area contributed by atoms with E-state index in [-0.39, 0.29) is 7.43 Å². The molecule has 1 aliphatic carbocycles. The molecule has 0 atom stereocenters. The van der Waals surface area contributed by atoms with Crippen LogP contribution >= 0.6 is 0 Å². The predicted molar refractivity (Wildman–Crippen MR) is 59.3 cm³/mol. The number of fused-ring (bicyclic) bond motifs is 1. The van der Waals surface area contributed by atoms with Gasteiger partial charge < -0.3 is 0 Å². The summed E-state index contributed by atoms with van der Waals surface area (Å²) in [6, 6.07) is 6.78. The lowest BCUT2D eigenvalue weighted by Crippen LogP contribution is -1.94. The first-order chi connectivity index (χ1) is 5.79. The van der Waals surface area contributed by atoms with E-state index < -0.39 is 0 Å². The molecule has 0 bridgehead atoms. The lowest BCUT2D eigenvalue weighted by molar-refractivity contribution is 0.838. The standard InChI is InChI=1S/C12H16.CH4/c1-9(2)11-7-3-5-10-6-4-8-12(10)11;/h3,5,7,9H,4,6,8H2,1-2H3;1H4. The Morgan fingerprint density at radius 2 is 1.92 bits per heavy atom. The van der Waals surface area contributed by atoms with E-state index in [1.807, 2.05) is 0 Å². The van der Waals surface area contributed by atoms with Gasteiger partial charge in [0.1, 0.15) is 0 Å². The summed E-state index contributed by atoms with van der Waals surface area (Å²) in [5.41, 5.74) is 4.82. The molecular formula is C13H20. The highest BCUT2D eigenvalue weighted by molar-refractivity contribution is 5.39. The fourth-order valence-electron chi connectivity index (χ4n) is 2.19. The number of aryl methyl sites for hydroxylation is 1. The zero-order valence-electron chi connectivity index (χ0n) is 7.93. The van der Waals surface area contributed by atoms with Crippen LogP contribution in [0.3, 0.4) is 0 Å². The van der Waals surface area contributed by atoms with E-state index >= 15 is 0 Å². The Morgan fingerprint density at radius 3 is 2.62 bits per heavy atom. The van der Waals surface area contributed by atoms with Crippen molar-refractivity contribution in [2.24, 2.45) is 0 Å². The van der Waals surface area contributed by atoms with E-state index in [9.17, 15) is 0 Å². The van der Waals surface area contributed by atoms with Crippen molar-refractivity contribution < 1.29 is 0 Å². The molecule has 1 aromatic carbocycles. The molecule has 0 nitrogen and oxygen atoms in total. The Kier molecular flexibility index (Phi) is 3.13. The van der Waals surface area contributed by atoms with Crippen LogP contribution in [0.1, 0.15) is 50.3 Å². The summed E-state index contributed by atoms with van der Waals surface area (Å²) < 4.78 is 0. The van der Waals surface area contributed by atoms with Crippen molar-refractivity contribution in [1.82, 2.24) is 0 Å². The molecule has 13 heavy (non-hydrogen) atoms. The van der Waals surface area contributed by atoms with Crippen LogP contribution in [0.2, 0.25) is 0 Å². The minimum absolute atomic E-state index is 0. The molecule has 0 saturated heterocycles. The second-order valence-corrected chi connectivity index (χ2v) is 3.99. The molecule has 0 radical (unpaired) electrons. The fourth-order valence-corrected chi connectivity index (χ4v) is 2.19. The molecule has 1 aliphatic rings. The molecule has 0 heterocycles. The van der Waals surface area contributed by atoms with E-state index in [0.29, 0.717) is 5.92 Å². The lowest BCUT2D eigenvalue weighted by Gasteiger charge is -2.10. The second-order valence-electron chi connectivity index (χ2n) is 3.99. The van der Waals surface area contributed by atoms with Crippen LogP contribution in [0, 0.1) is 0 Å². The van der Waals surface area contributed by atoms with E-state index in [2.05, 4.69) is 32.0 Å². The van der Waals surface area contributed by atoms with Gasteiger partial charge >= 0.3 is 0 Å². The molecule has 2 rings (SSSR count). The monoisotopic (exact) mass is 176 g/mol. The molecule has 0 aliphatic heterocycles. The molecule has 1 aromatic rings. The van der Waals surface area contributed by atoms with Gasteiger partial charge in [0, 0.05) is 0 Å². The highest BCUT2D eigenvalue weighted by Crippen LogP contribution is 2.29. The summed E-state index contributed by atoms with van der Waals surface area (Å²) in [7, 11) is 0. The summed E-state index contributed by atoms with van der Waals surface area (Å²) in [5, 5.41) is 0. The Hall–Kier alpha value is -0.780. The fraction of sp³-hybridized carbons (Fsp3) is 0.538. The molecule has 0 unspecified atom stereocenters. The van der Waals surface area contributed by atoms with Gasteiger partial charge in [-0.25, -0.2) is 0 Å². The molecule has 0 fully saturated rings. The number of hydrogen-bond acceptors (Lipinski definition) is 0. The topological polar surface area (TPSA) is 0 Å². The second kappa shape index (κ2) is 3.95. The molecule has 0 aromatic heterocycles.